The van der Waals surface area contributed by atoms with Crippen molar-refractivity contribution >= 4 is 75.2 Å². The Morgan fingerprint density at radius 3 is 2.28 bits per heavy atom. The first kappa shape index (κ1) is 36.5. The van der Waals surface area contributed by atoms with Crippen LogP contribution in [-0.2, 0) is 0 Å². The van der Waals surface area contributed by atoms with E-state index in [1.165, 1.54) is 75.0 Å². The van der Waals surface area contributed by atoms with Crippen LogP contribution in [0.5, 0.6) is 0 Å². The summed E-state index contributed by atoms with van der Waals surface area (Å²) in [5, 5.41) is 7.87. The molecule has 2 unspecified atom stereocenters. The Labute approximate surface area is 340 Å². The molecule has 1 aliphatic rings. The highest BCUT2D eigenvalue weighted by atomic mass is 32.1. The normalized spacial score (nSPS) is 15.0. The van der Waals surface area contributed by atoms with Gasteiger partial charge in [-0.25, -0.2) is 0 Å². The number of para-hydroxylation sites is 2. The van der Waals surface area contributed by atoms with Crippen LogP contribution in [-0.4, -0.2) is 15.3 Å². The van der Waals surface area contributed by atoms with Gasteiger partial charge in [0.2, 0.25) is 0 Å². The van der Waals surface area contributed by atoms with Crippen molar-refractivity contribution in [2.24, 2.45) is 0 Å². The van der Waals surface area contributed by atoms with Gasteiger partial charge in [-0.3, -0.25) is 0 Å². The molecule has 0 fully saturated rings. The maximum atomic E-state index is 4.64. The van der Waals surface area contributed by atoms with Crippen LogP contribution in [0.3, 0.4) is 0 Å². The lowest BCUT2D eigenvalue weighted by atomic mass is 9.93. The lowest BCUT2D eigenvalue weighted by Gasteiger charge is -2.32. The highest BCUT2D eigenvalue weighted by Crippen LogP contribution is 2.41. The van der Waals surface area contributed by atoms with E-state index < -0.39 is 0 Å². The van der Waals surface area contributed by atoms with Gasteiger partial charge in [-0.1, -0.05) is 134 Å². The van der Waals surface area contributed by atoms with E-state index in [-0.39, 0.29) is 12.0 Å². The van der Waals surface area contributed by atoms with Gasteiger partial charge in [-0.15, -0.1) is 24.5 Å². The predicted octanol–water partition coefficient (Wildman–Crippen LogP) is 15.5. The molecule has 9 rings (SSSR count). The first-order chi connectivity index (χ1) is 27.9. The molecule has 0 amide bonds. The van der Waals surface area contributed by atoms with Gasteiger partial charge in [0.25, 0.3) is 0 Å². The molecule has 0 bridgehead atoms. The topological polar surface area (TPSA) is 7.65 Å². The number of aromatic nitrogens is 1. The summed E-state index contributed by atoms with van der Waals surface area (Å²) in [5.74, 6) is 0.169. The lowest BCUT2D eigenvalue weighted by molar-refractivity contribution is 0.379. The summed E-state index contributed by atoms with van der Waals surface area (Å²) >= 11 is 1.86. The third-order valence-corrected chi connectivity index (χ3v) is 13.1. The average Bonchev–Trinajstić information content (AvgIpc) is 3.91. The van der Waals surface area contributed by atoms with Gasteiger partial charge in [0.15, 0.2) is 0 Å². The molecule has 3 heteroatoms. The first-order valence-electron chi connectivity index (χ1n) is 20.1. The lowest BCUT2D eigenvalue weighted by Crippen LogP contribution is -2.29. The number of allylic oxidation sites excluding steroid dienone is 8. The zero-order chi connectivity index (χ0) is 39.0. The Bertz CT molecular complexity index is 2980. The molecule has 2 nitrogen and oxygen atoms in total. The molecule has 0 aliphatic heterocycles. The van der Waals surface area contributed by atoms with E-state index in [1.54, 1.807) is 0 Å². The quantitative estimate of drug-likeness (QED) is 0.0747. The first-order valence-corrected chi connectivity index (χ1v) is 20.9. The number of fused-ring (bicyclic) bond motifs is 9. The number of hydrogen-bond acceptors (Lipinski definition) is 2. The molecule has 1 aliphatic carbocycles. The molecule has 2 atom stereocenters. The van der Waals surface area contributed by atoms with Crippen LogP contribution in [0.15, 0.2) is 196 Å². The van der Waals surface area contributed by atoms with Gasteiger partial charge in [-0.2, -0.15) is 0 Å². The Hall–Kier alpha value is -6.16. The molecular formula is C54H48N2S. The molecule has 3 heterocycles. The number of nitrogens with zero attached hydrogens (tertiary/aromatic N) is 2. The molecule has 57 heavy (non-hydrogen) atoms. The van der Waals surface area contributed by atoms with E-state index in [9.17, 15) is 0 Å². The number of thiophene rings is 1. The fourth-order valence-corrected chi connectivity index (χ4v) is 9.90. The van der Waals surface area contributed by atoms with E-state index in [0.29, 0.717) is 0 Å². The van der Waals surface area contributed by atoms with Crippen molar-refractivity contribution < 1.29 is 0 Å². The molecule has 8 aromatic rings. The molecule has 0 spiro atoms. The summed E-state index contributed by atoms with van der Waals surface area (Å²) in [7, 11) is 0. The number of benzene rings is 5. The fraction of sp³-hybridized carbons (Fsp3) is 0.148. The molecular weight excluding hydrogens is 709 g/mol. The summed E-state index contributed by atoms with van der Waals surface area (Å²) in [6.45, 7) is 21.5. The summed E-state index contributed by atoms with van der Waals surface area (Å²) in [4.78, 5) is 2.38. The van der Waals surface area contributed by atoms with Crippen molar-refractivity contribution in [1.29, 1.82) is 0 Å². The molecule has 280 valence electrons. The van der Waals surface area contributed by atoms with Crippen LogP contribution < -0.4 is 0 Å². The zero-order valence-electron chi connectivity index (χ0n) is 32.6. The van der Waals surface area contributed by atoms with E-state index >= 15 is 0 Å². The van der Waals surface area contributed by atoms with E-state index in [4.69, 9.17) is 0 Å². The smallest absolute Gasteiger partial charge is 0.0620 e. The SMILES string of the molecule is C=CCCC(=C)C(=C)CCC(=C)N(C=CCC(C=C)c1ccc2c(c1)c1cccc3c4ccccc4n2c31)C1C=CC(c2ccc3sc4ccccc4c3c2)=CC1. The minimum atomic E-state index is 0.160. The van der Waals surface area contributed by atoms with Crippen molar-refractivity contribution in [2.75, 3.05) is 0 Å². The maximum Gasteiger partial charge on any atom is 0.0620 e. The fourth-order valence-electron chi connectivity index (χ4n) is 8.81. The van der Waals surface area contributed by atoms with Gasteiger partial charge in [0.1, 0.15) is 0 Å². The molecule has 0 radical (unpaired) electrons. The summed E-state index contributed by atoms with van der Waals surface area (Å²) in [6.07, 6.45) is 20.8. The summed E-state index contributed by atoms with van der Waals surface area (Å²) in [5.41, 5.74) is 10.9. The molecule has 0 N–H and O–H groups in total. The number of rotatable bonds is 15. The Morgan fingerprint density at radius 1 is 0.737 bits per heavy atom. The Morgan fingerprint density at radius 2 is 1.47 bits per heavy atom. The summed E-state index contributed by atoms with van der Waals surface area (Å²) < 4.78 is 5.11. The van der Waals surface area contributed by atoms with Gasteiger partial charge >= 0.3 is 0 Å². The van der Waals surface area contributed by atoms with E-state index in [1.807, 2.05) is 17.4 Å². The van der Waals surface area contributed by atoms with Crippen molar-refractivity contribution in [1.82, 2.24) is 9.30 Å². The van der Waals surface area contributed by atoms with Crippen molar-refractivity contribution in [2.45, 2.75) is 50.5 Å². The van der Waals surface area contributed by atoms with Crippen molar-refractivity contribution in [3.05, 3.63) is 207 Å². The third-order valence-electron chi connectivity index (χ3n) is 12.0. The monoisotopic (exact) mass is 756 g/mol. The molecule has 3 aromatic heterocycles. The van der Waals surface area contributed by atoms with Gasteiger partial charge in [-0.05, 0) is 91.6 Å². The van der Waals surface area contributed by atoms with Gasteiger partial charge in [0.05, 0.1) is 22.6 Å². The van der Waals surface area contributed by atoms with Crippen molar-refractivity contribution in [3.63, 3.8) is 0 Å². The van der Waals surface area contributed by atoms with Gasteiger partial charge < -0.3 is 9.30 Å². The summed E-state index contributed by atoms with van der Waals surface area (Å²) in [6, 6.07) is 38.2. The second-order valence-electron chi connectivity index (χ2n) is 15.4. The van der Waals surface area contributed by atoms with Crippen LogP contribution in [0.4, 0.5) is 0 Å². The predicted molar refractivity (Wildman–Crippen MR) is 251 cm³/mol. The zero-order valence-corrected chi connectivity index (χ0v) is 33.4. The Balaban J connectivity index is 0.970. The maximum absolute atomic E-state index is 4.64. The van der Waals surface area contributed by atoms with Crippen molar-refractivity contribution in [3.8, 4) is 0 Å². The highest BCUT2D eigenvalue weighted by molar-refractivity contribution is 7.25. The minimum absolute atomic E-state index is 0.160. The highest BCUT2D eigenvalue weighted by Gasteiger charge is 2.21. The van der Waals surface area contributed by atoms with E-state index in [2.05, 4.69) is 182 Å². The Kier molecular flexibility index (Phi) is 9.86. The molecule has 0 saturated carbocycles. The second-order valence-corrected chi connectivity index (χ2v) is 16.5. The van der Waals surface area contributed by atoms with E-state index in [0.717, 1.165) is 55.4 Å². The van der Waals surface area contributed by atoms with Crippen LogP contribution >= 0.6 is 11.3 Å². The molecule has 5 aromatic carbocycles. The second kappa shape index (κ2) is 15.4. The minimum Gasteiger partial charge on any atom is -0.345 e. The standard InChI is InChI=1S/C54H48N2S/c1-6-8-15-36(3)37(4)23-24-38(5)55(43-29-25-40(26-30-43)42-28-32-53-49(35-42)45-18-10-12-22-52(45)57-53)33-14-16-39(7-2)41-27-31-51-48(34-41)47-20-13-19-46-44-17-9-11-21-50(44)56(51)54(46)47/h6-7,9-14,17-22,25-29,31-35,39,43H,1-5,8,15-16,23-24,30H2. The van der Waals surface area contributed by atoms with Crippen LogP contribution in [0.2, 0.25) is 0 Å². The van der Waals surface area contributed by atoms with Crippen LogP contribution in [0.1, 0.15) is 55.6 Å². The third kappa shape index (κ3) is 6.66. The molecule has 0 saturated heterocycles. The number of hydrogen-bond donors (Lipinski definition) is 0. The van der Waals surface area contributed by atoms with Crippen LogP contribution in [0, 0.1) is 0 Å². The average molecular weight is 757 g/mol. The largest absolute Gasteiger partial charge is 0.345 e. The van der Waals surface area contributed by atoms with Crippen LogP contribution in [0.25, 0.3) is 63.8 Å². The van der Waals surface area contributed by atoms with Gasteiger partial charge in [0, 0.05) is 59.5 Å².